The number of benzene rings is 2. The van der Waals surface area contributed by atoms with Crippen LogP contribution in [0.1, 0.15) is 10.4 Å². The number of carboxylic acids is 1. The van der Waals surface area contributed by atoms with E-state index in [2.05, 4.69) is 10.6 Å². The first-order valence-corrected chi connectivity index (χ1v) is 5.37. The summed E-state index contributed by atoms with van der Waals surface area (Å²) in [6, 6.07) is 10.0. The standard InChI is InChI=1S/C13H12N2O3/c1-14-13(18)15-10-7-6-8-4-2-3-5-9(8)11(10)12(16)17/h2-7H,1H3,(H,16,17)(H2,14,15,18). The fourth-order valence-electron chi connectivity index (χ4n) is 1.79. The average Bonchev–Trinajstić information content (AvgIpc) is 2.37. The molecule has 0 bridgehead atoms. The third-order valence-electron chi connectivity index (χ3n) is 2.62. The lowest BCUT2D eigenvalue weighted by molar-refractivity contribution is 0.0700. The van der Waals surface area contributed by atoms with Gasteiger partial charge in [-0.25, -0.2) is 9.59 Å². The number of aromatic carboxylic acids is 1. The number of carbonyl (C=O) groups is 2. The van der Waals surface area contributed by atoms with Crippen LogP contribution in [0.25, 0.3) is 10.8 Å². The molecule has 0 saturated heterocycles. The topological polar surface area (TPSA) is 78.4 Å². The SMILES string of the molecule is CNC(=O)Nc1ccc2ccccc2c1C(=O)O. The van der Waals surface area contributed by atoms with Crippen molar-refractivity contribution in [2.75, 3.05) is 12.4 Å². The third kappa shape index (κ3) is 2.10. The maximum atomic E-state index is 11.3. The zero-order valence-electron chi connectivity index (χ0n) is 9.73. The molecule has 0 aliphatic heterocycles. The van der Waals surface area contributed by atoms with Crippen LogP contribution < -0.4 is 10.6 Å². The zero-order valence-corrected chi connectivity index (χ0v) is 9.73. The number of amides is 2. The predicted molar refractivity (Wildman–Crippen MR) is 69.0 cm³/mol. The molecule has 0 aromatic heterocycles. The number of carboxylic acid groups (broad SMARTS) is 1. The van der Waals surface area contributed by atoms with Crippen LogP contribution in [0.3, 0.4) is 0 Å². The maximum Gasteiger partial charge on any atom is 0.338 e. The molecule has 18 heavy (non-hydrogen) atoms. The number of hydrogen-bond acceptors (Lipinski definition) is 2. The molecule has 0 saturated carbocycles. The highest BCUT2D eigenvalue weighted by Gasteiger charge is 2.15. The van der Waals surface area contributed by atoms with Gasteiger partial charge in [-0.2, -0.15) is 0 Å². The average molecular weight is 244 g/mol. The Hall–Kier alpha value is -2.56. The van der Waals surface area contributed by atoms with Crippen molar-refractivity contribution in [1.82, 2.24) is 5.32 Å². The minimum atomic E-state index is -1.07. The molecule has 0 heterocycles. The van der Waals surface area contributed by atoms with Crippen LogP contribution in [0.5, 0.6) is 0 Å². The Morgan fingerprint density at radius 3 is 2.50 bits per heavy atom. The predicted octanol–water partition coefficient (Wildman–Crippen LogP) is 2.29. The second-order valence-electron chi connectivity index (χ2n) is 3.72. The quantitative estimate of drug-likeness (QED) is 0.758. The van der Waals surface area contributed by atoms with Gasteiger partial charge in [-0.3, -0.25) is 0 Å². The molecule has 0 aliphatic carbocycles. The first-order valence-electron chi connectivity index (χ1n) is 5.37. The molecule has 0 aliphatic rings. The van der Waals surface area contributed by atoms with Crippen molar-refractivity contribution in [2.24, 2.45) is 0 Å². The highest BCUT2D eigenvalue weighted by atomic mass is 16.4. The summed E-state index contributed by atoms with van der Waals surface area (Å²) in [4.78, 5) is 22.6. The third-order valence-corrected chi connectivity index (χ3v) is 2.62. The van der Waals surface area contributed by atoms with E-state index < -0.39 is 12.0 Å². The largest absolute Gasteiger partial charge is 0.478 e. The Morgan fingerprint density at radius 2 is 1.83 bits per heavy atom. The van der Waals surface area contributed by atoms with E-state index in [9.17, 15) is 14.7 Å². The van der Waals surface area contributed by atoms with Gasteiger partial charge in [0.2, 0.25) is 0 Å². The van der Waals surface area contributed by atoms with E-state index in [1.807, 2.05) is 12.1 Å². The fourth-order valence-corrected chi connectivity index (χ4v) is 1.79. The van der Waals surface area contributed by atoms with Crippen LogP contribution in [0.4, 0.5) is 10.5 Å². The van der Waals surface area contributed by atoms with Gasteiger partial charge >= 0.3 is 12.0 Å². The zero-order chi connectivity index (χ0) is 13.1. The van der Waals surface area contributed by atoms with Crippen LogP contribution in [0.15, 0.2) is 36.4 Å². The Balaban J connectivity index is 2.63. The van der Waals surface area contributed by atoms with Gasteiger partial charge < -0.3 is 15.7 Å². The highest BCUT2D eigenvalue weighted by molar-refractivity contribution is 6.10. The maximum absolute atomic E-state index is 11.3. The molecule has 0 spiro atoms. The normalized spacial score (nSPS) is 10.1. The van der Waals surface area contributed by atoms with Crippen LogP contribution in [-0.2, 0) is 0 Å². The van der Waals surface area contributed by atoms with E-state index in [1.165, 1.54) is 7.05 Å². The molecule has 2 aromatic carbocycles. The van der Waals surface area contributed by atoms with Gasteiger partial charge in [-0.1, -0.05) is 30.3 Å². The van der Waals surface area contributed by atoms with Crippen LogP contribution in [0.2, 0.25) is 0 Å². The minimum Gasteiger partial charge on any atom is -0.478 e. The van der Waals surface area contributed by atoms with Gasteiger partial charge in [0.15, 0.2) is 0 Å². The first kappa shape index (κ1) is 11.9. The minimum absolute atomic E-state index is 0.0942. The number of hydrogen-bond donors (Lipinski definition) is 3. The van der Waals surface area contributed by atoms with Gasteiger partial charge in [0.1, 0.15) is 0 Å². The van der Waals surface area contributed by atoms with E-state index in [4.69, 9.17) is 0 Å². The summed E-state index contributed by atoms with van der Waals surface area (Å²) in [5, 5.41) is 15.6. The fraction of sp³-hybridized carbons (Fsp3) is 0.0769. The molecule has 3 N–H and O–H groups in total. The van der Waals surface area contributed by atoms with Gasteiger partial charge in [-0.15, -0.1) is 0 Å². The number of nitrogens with one attached hydrogen (secondary N) is 2. The molecule has 2 aromatic rings. The second kappa shape index (κ2) is 4.75. The van der Waals surface area contributed by atoms with E-state index in [0.717, 1.165) is 5.39 Å². The summed E-state index contributed by atoms with van der Waals surface area (Å²) < 4.78 is 0. The number of urea groups is 1. The Kier molecular flexibility index (Phi) is 3.14. The van der Waals surface area contributed by atoms with Crippen LogP contribution in [0, 0.1) is 0 Å². The van der Waals surface area contributed by atoms with Crippen molar-refractivity contribution < 1.29 is 14.7 Å². The molecule has 2 amide bonds. The van der Waals surface area contributed by atoms with Gasteiger partial charge in [0, 0.05) is 7.05 Å². The molecule has 5 heteroatoms. The molecule has 0 atom stereocenters. The lowest BCUT2D eigenvalue weighted by Crippen LogP contribution is -2.25. The Labute approximate surface area is 103 Å². The number of fused-ring (bicyclic) bond motifs is 1. The molecular weight excluding hydrogens is 232 g/mol. The molecule has 0 unspecified atom stereocenters. The van der Waals surface area contributed by atoms with Crippen molar-refractivity contribution in [1.29, 1.82) is 0 Å². The molecule has 5 nitrogen and oxygen atoms in total. The summed E-state index contributed by atoms with van der Waals surface area (Å²) >= 11 is 0. The summed E-state index contributed by atoms with van der Waals surface area (Å²) in [5.41, 5.74) is 0.372. The highest BCUT2D eigenvalue weighted by Crippen LogP contribution is 2.26. The molecule has 92 valence electrons. The van der Waals surface area contributed by atoms with Crippen molar-refractivity contribution in [3.63, 3.8) is 0 Å². The molecule has 2 rings (SSSR count). The first-order chi connectivity index (χ1) is 8.63. The summed E-state index contributed by atoms with van der Waals surface area (Å²) in [6.07, 6.45) is 0. The smallest absolute Gasteiger partial charge is 0.338 e. The van der Waals surface area contributed by atoms with Gasteiger partial charge in [0.25, 0.3) is 0 Å². The summed E-state index contributed by atoms with van der Waals surface area (Å²) in [7, 11) is 1.47. The van der Waals surface area contributed by atoms with Crippen molar-refractivity contribution in [3.8, 4) is 0 Å². The van der Waals surface area contributed by atoms with E-state index in [0.29, 0.717) is 5.39 Å². The lowest BCUT2D eigenvalue weighted by Gasteiger charge is -2.10. The van der Waals surface area contributed by atoms with Gasteiger partial charge in [0.05, 0.1) is 11.3 Å². The van der Waals surface area contributed by atoms with Crippen LogP contribution in [-0.4, -0.2) is 24.2 Å². The Morgan fingerprint density at radius 1 is 1.11 bits per heavy atom. The molecular formula is C13H12N2O3. The monoisotopic (exact) mass is 244 g/mol. The van der Waals surface area contributed by atoms with E-state index in [-0.39, 0.29) is 11.3 Å². The van der Waals surface area contributed by atoms with Crippen molar-refractivity contribution in [3.05, 3.63) is 42.0 Å². The molecule has 0 radical (unpaired) electrons. The summed E-state index contributed by atoms with van der Waals surface area (Å²) in [5.74, 6) is -1.07. The van der Waals surface area contributed by atoms with Crippen LogP contribution >= 0.6 is 0 Å². The summed E-state index contributed by atoms with van der Waals surface area (Å²) in [6.45, 7) is 0. The number of anilines is 1. The van der Waals surface area contributed by atoms with E-state index in [1.54, 1.807) is 24.3 Å². The van der Waals surface area contributed by atoms with Crippen molar-refractivity contribution >= 4 is 28.5 Å². The van der Waals surface area contributed by atoms with Crippen molar-refractivity contribution in [2.45, 2.75) is 0 Å². The second-order valence-corrected chi connectivity index (χ2v) is 3.72. The Bertz CT molecular complexity index is 623. The molecule has 0 fully saturated rings. The number of carbonyl (C=O) groups excluding carboxylic acids is 1. The number of rotatable bonds is 2. The van der Waals surface area contributed by atoms with Gasteiger partial charge in [-0.05, 0) is 16.8 Å². The lowest BCUT2D eigenvalue weighted by atomic mass is 10.0. The van der Waals surface area contributed by atoms with E-state index >= 15 is 0 Å².